The summed E-state index contributed by atoms with van der Waals surface area (Å²) in [5.74, 6) is 0. The van der Waals surface area contributed by atoms with E-state index in [4.69, 9.17) is 5.73 Å². The first-order valence-electron chi connectivity index (χ1n) is 6.67. The molecule has 19 heavy (non-hydrogen) atoms. The number of para-hydroxylation sites is 1. The van der Waals surface area contributed by atoms with E-state index < -0.39 is 0 Å². The maximum Gasteiger partial charge on any atom is 0.0475 e. The van der Waals surface area contributed by atoms with Gasteiger partial charge in [-0.25, -0.2) is 0 Å². The van der Waals surface area contributed by atoms with Crippen LogP contribution in [0.3, 0.4) is 0 Å². The number of hydrogen-bond donors (Lipinski definition) is 1. The zero-order valence-electron chi connectivity index (χ0n) is 11.9. The van der Waals surface area contributed by atoms with Gasteiger partial charge in [-0.05, 0) is 37.1 Å². The average molecular weight is 254 g/mol. The van der Waals surface area contributed by atoms with Crippen molar-refractivity contribution in [1.82, 2.24) is 0 Å². The van der Waals surface area contributed by atoms with Gasteiger partial charge in [0.1, 0.15) is 0 Å². The third-order valence-corrected chi connectivity index (χ3v) is 3.49. The van der Waals surface area contributed by atoms with Crippen LogP contribution in [-0.2, 0) is 0 Å². The monoisotopic (exact) mass is 254 g/mol. The third kappa shape index (κ3) is 3.36. The first-order valence-corrected chi connectivity index (χ1v) is 6.67. The van der Waals surface area contributed by atoms with Crippen molar-refractivity contribution in [3.63, 3.8) is 0 Å². The second kappa shape index (κ2) is 5.89. The molecule has 2 nitrogen and oxygen atoms in total. The highest BCUT2D eigenvalue weighted by atomic mass is 15.1. The van der Waals surface area contributed by atoms with E-state index in [0.717, 1.165) is 6.54 Å². The Kier molecular flexibility index (Phi) is 4.23. The van der Waals surface area contributed by atoms with Crippen LogP contribution in [0.4, 0.5) is 5.69 Å². The van der Waals surface area contributed by atoms with Gasteiger partial charge < -0.3 is 10.6 Å². The number of anilines is 1. The van der Waals surface area contributed by atoms with Crippen molar-refractivity contribution in [2.75, 3.05) is 18.5 Å². The highest BCUT2D eigenvalue weighted by Gasteiger charge is 2.12. The SMILES string of the molecule is Cc1ccc(C(N)CN(C)c2ccccc2)c(C)c1. The molecular weight excluding hydrogens is 232 g/mol. The van der Waals surface area contributed by atoms with Gasteiger partial charge in [-0.2, -0.15) is 0 Å². The minimum Gasteiger partial charge on any atom is -0.373 e. The molecule has 0 aliphatic carbocycles. The average Bonchev–Trinajstić information content (AvgIpc) is 2.39. The summed E-state index contributed by atoms with van der Waals surface area (Å²) in [5.41, 5.74) is 11.3. The van der Waals surface area contributed by atoms with E-state index in [2.05, 4.69) is 68.3 Å². The first-order chi connectivity index (χ1) is 9.08. The largest absolute Gasteiger partial charge is 0.373 e. The summed E-state index contributed by atoms with van der Waals surface area (Å²) in [4.78, 5) is 2.20. The highest BCUT2D eigenvalue weighted by Crippen LogP contribution is 2.20. The Labute approximate surface area is 115 Å². The Bertz CT molecular complexity index is 534. The fraction of sp³-hybridized carbons (Fsp3) is 0.294. The topological polar surface area (TPSA) is 29.3 Å². The predicted octanol–water partition coefficient (Wildman–Crippen LogP) is 3.44. The fourth-order valence-electron chi connectivity index (χ4n) is 2.42. The standard InChI is InChI=1S/C17H22N2/c1-13-9-10-16(14(2)11-13)17(18)12-19(3)15-7-5-4-6-8-15/h4-11,17H,12,18H2,1-3H3. The van der Waals surface area contributed by atoms with Gasteiger partial charge >= 0.3 is 0 Å². The summed E-state index contributed by atoms with van der Waals surface area (Å²) < 4.78 is 0. The molecule has 0 amide bonds. The number of benzene rings is 2. The predicted molar refractivity (Wildman–Crippen MR) is 82.6 cm³/mol. The van der Waals surface area contributed by atoms with E-state index in [-0.39, 0.29) is 6.04 Å². The Morgan fingerprint density at radius 3 is 2.37 bits per heavy atom. The molecule has 0 spiro atoms. The number of likely N-dealkylation sites (N-methyl/N-ethyl adjacent to an activating group) is 1. The van der Waals surface area contributed by atoms with Gasteiger partial charge in [0.05, 0.1) is 0 Å². The second-order valence-electron chi connectivity index (χ2n) is 5.18. The van der Waals surface area contributed by atoms with Gasteiger partial charge in [0, 0.05) is 25.3 Å². The molecule has 0 aliphatic rings. The molecule has 0 radical (unpaired) electrons. The molecule has 100 valence electrons. The molecule has 2 rings (SSSR count). The summed E-state index contributed by atoms with van der Waals surface area (Å²) in [6.07, 6.45) is 0. The zero-order valence-corrected chi connectivity index (χ0v) is 11.9. The molecule has 0 fully saturated rings. The summed E-state index contributed by atoms with van der Waals surface area (Å²) in [6.45, 7) is 5.05. The number of hydrogen-bond acceptors (Lipinski definition) is 2. The molecule has 0 aliphatic heterocycles. The van der Waals surface area contributed by atoms with Crippen molar-refractivity contribution < 1.29 is 0 Å². The molecule has 0 saturated carbocycles. The van der Waals surface area contributed by atoms with Crippen LogP contribution in [0.15, 0.2) is 48.5 Å². The van der Waals surface area contributed by atoms with E-state index in [9.17, 15) is 0 Å². The summed E-state index contributed by atoms with van der Waals surface area (Å²) in [5, 5.41) is 0. The lowest BCUT2D eigenvalue weighted by Gasteiger charge is -2.24. The first kappa shape index (κ1) is 13.6. The van der Waals surface area contributed by atoms with Crippen LogP contribution in [0.1, 0.15) is 22.7 Å². The summed E-state index contributed by atoms with van der Waals surface area (Å²) >= 11 is 0. The lowest BCUT2D eigenvalue weighted by Crippen LogP contribution is -2.29. The van der Waals surface area contributed by atoms with Crippen molar-refractivity contribution in [2.45, 2.75) is 19.9 Å². The van der Waals surface area contributed by atoms with Crippen molar-refractivity contribution >= 4 is 5.69 Å². The minimum absolute atomic E-state index is 0.0332. The van der Waals surface area contributed by atoms with Crippen molar-refractivity contribution in [1.29, 1.82) is 0 Å². The molecule has 0 aromatic heterocycles. The zero-order chi connectivity index (χ0) is 13.8. The van der Waals surface area contributed by atoms with Crippen molar-refractivity contribution in [3.8, 4) is 0 Å². The molecule has 2 N–H and O–H groups in total. The molecule has 1 atom stereocenters. The Hall–Kier alpha value is -1.80. The minimum atomic E-state index is 0.0332. The van der Waals surface area contributed by atoms with E-state index in [1.807, 2.05) is 6.07 Å². The van der Waals surface area contributed by atoms with E-state index in [1.165, 1.54) is 22.4 Å². The molecule has 0 bridgehead atoms. The molecule has 2 aromatic carbocycles. The molecule has 2 aromatic rings. The molecule has 1 unspecified atom stereocenters. The molecule has 0 heterocycles. The van der Waals surface area contributed by atoms with Gasteiger partial charge in [0.15, 0.2) is 0 Å². The lowest BCUT2D eigenvalue weighted by molar-refractivity contribution is 0.699. The molecular formula is C17H22N2. The van der Waals surface area contributed by atoms with Gasteiger partial charge in [0.2, 0.25) is 0 Å². The van der Waals surface area contributed by atoms with Gasteiger partial charge in [0.25, 0.3) is 0 Å². The number of aryl methyl sites for hydroxylation is 2. The van der Waals surface area contributed by atoms with E-state index >= 15 is 0 Å². The van der Waals surface area contributed by atoms with Crippen LogP contribution in [0.5, 0.6) is 0 Å². The van der Waals surface area contributed by atoms with E-state index in [0.29, 0.717) is 0 Å². The van der Waals surface area contributed by atoms with Crippen LogP contribution in [0, 0.1) is 13.8 Å². The van der Waals surface area contributed by atoms with Crippen LogP contribution in [0.25, 0.3) is 0 Å². The van der Waals surface area contributed by atoms with Crippen LogP contribution >= 0.6 is 0 Å². The number of nitrogens with zero attached hydrogens (tertiary/aromatic N) is 1. The Morgan fingerprint density at radius 1 is 1.05 bits per heavy atom. The maximum atomic E-state index is 6.34. The fourth-order valence-corrected chi connectivity index (χ4v) is 2.42. The van der Waals surface area contributed by atoms with Crippen LogP contribution in [-0.4, -0.2) is 13.6 Å². The number of rotatable bonds is 4. The second-order valence-corrected chi connectivity index (χ2v) is 5.18. The van der Waals surface area contributed by atoms with E-state index in [1.54, 1.807) is 0 Å². The normalized spacial score (nSPS) is 12.2. The lowest BCUT2D eigenvalue weighted by atomic mass is 9.99. The summed E-state index contributed by atoms with van der Waals surface area (Å²) in [7, 11) is 2.08. The van der Waals surface area contributed by atoms with Gasteiger partial charge in [-0.15, -0.1) is 0 Å². The van der Waals surface area contributed by atoms with Crippen LogP contribution in [0.2, 0.25) is 0 Å². The molecule has 0 saturated heterocycles. The van der Waals surface area contributed by atoms with Crippen molar-refractivity contribution in [2.24, 2.45) is 5.73 Å². The van der Waals surface area contributed by atoms with Crippen LogP contribution < -0.4 is 10.6 Å². The smallest absolute Gasteiger partial charge is 0.0475 e. The summed E-state index contributed by atoms with van der Waals surface area (Å²) in [6, 6.07) is 16.8. The van der Waals surface area contributed by atoms with Crippen molar-refractivity contribution in [3.05, 3.63) is 65.2 Å². The molecule has 2 heteroatoms. The van der Waals surface area contributed by atoms with Gasteiger partial charge in [-0.1, -0.05) is 42.0 Å². The van der Waals surface area contributed by atoms with Gasteiger partial charge in [-0.3, -0.25) is 0 Å². The quantitative estimate of drug-likeness (QED) is 0.905. The third-order valence-electron chi connectivity index (χ3n) is 3.49. The Morgan fingerprint density at radius 2 is 1.74 bits per heavy atom. The number of nitrogens with two attached hydrogens (primary N) is 1. The highest BCUT2D eigenvalue weighted by molar-refractivity contribution is 5.46. The Balaban J connectivity index is 2.10. The maximum absolute atomic E-state index is 6.34.